The smallest absolute Gasteiger partial charge is 0.309 e. The van der Waals surface area contributed by atoms with E-state index in [0.29, 0.717) is 48.7 Å². The summed E-state index contributed by atoms with van der Waals surface area (Å²) < 4.78 is 6.44. The quantitative estimate of drug-likeness (QED) is 0.129. The standard InChI is InChI=1S/C51H74N4O6/c1-29(2)39-35(56)27-51(24-25-52-28-45(3,4)55-42(57)41-53-33-14-12-13-15-34(33)54-41)23-22-49(10)30(40(39)51)16-17-37-48(9)20-19-38(47(7,8)36(48)18-21-50(37,49)11)61-44(60)32-26-31(43(58)59)46(32,5)6/h12-15,29-32,36-38,52H,16-28H2,1-11H3,(H,53,54)(H,55,57)(H,58,59)/t30-,31+,32-,36+,37-,38+,48+,49-,50-,51-/m1/s1. The number of aliphatic carboxylic acids is 1. The third kappa shape index (κ3) is 6.76. The summed E-state index contributed by atoms with van der Waals surface area (Å²) in [5.74, 6) is 0.0169. The maximum atomic E-state index is 14.2. The van der Waals surface area contributed by atoms with E-state index in [-0.39, 0.29) is 56.9 Å². The van der Waals surface area contributed by atoms with E-state index in [1.54, 1.807) is 0 Å². The Bertz CT molecular complexity index is 2120. The normalized spacial score (nSPS) is 37.6. The van der Waals surface area contributed by atoms with Gasteiger partial charge in [0.05, 0.1) is 22.9 Å². The van der Waals surface area contributed by atoms with Crippen LogP contribution < -0.4 is 10.6 Å². The fourth-order valence-electron chi connectivity index (χ4n) is 15.4. The van der Waals surface area contributed by atoms with Crippen molar-refractivity contribution in [3.05, 3.63) is 41.2 Å². The molecule has 0 saturated heterocycles. The zero-order valence-electron chi connectivity index (χ0n) is 39.0. The lowest BCUT2D eigenvalue weighted by atomic mass is 9.33. The summed E-state index contributed by atoms with van der Waals surface area (Å²) in [5, 5.41) is 16.6. The molecule has 8 rings (SSSR count). The molecule has 4 N–H and O–H groups in total. The van der Waals surface area contributed by atoms with Crippen LogP contribution in [0.5, 0.6) is 0 Å². The van der Waals surface area contributed by atoms with Gasteiger partial charge in [-0.05, 0) is 148 Å². The average Bonchev–Trinajstić information content (AvgIpc) is 3.73. The van der Waals surface area contributed by atoms with Crippen molar-refractivity contribution < 1.29 is 29.0 Å². The second kappa shape index (κ2) is 14.8. The lowest BCUT2D eigenvalue weighted by Gasteiger charge is -2.72. The van der Waals surface area contributed by atoms with Crippen LogP contribution in [0.4, 0.5) is 0 Å². The Hall–Kier alpha value is -3.53. The number of fused-ring (bicyclic) bond motifs is 8. The van der Waals surface area contributed by atoms with E-state index in [1.165, 1.54) is 5.57 Å². The predicted molar refractivity (Wildman–Crippen MR) is 237 cm³/mol. The fourth-order valence-corrected chi connectivity index (χ4v) is 15.4. The molecule has 61 heavy (non-hydrogen) atoms. The maximum Gasteiger partial charge on any atom is 0.309 e. The van der Waals surface area contributed by atoms with Crippen molar-refractivity contribution in [1.29, 1.82) is 0 Å². The number of H-pyrrole nitrogens is 1. The minimum Gasteiger partial charge on any atom is -0.481 e. The van der Waals surface area contributed by atoms with Gasteiger partial charge >= 0.3 is 11.9 Å². The van der Waals surface area contributed by atoms with Crippen molar-refractivity contribution in [2.75, 3.05) is 13.1 Å². The highest BCUT2D eigenvalue weighted by Crippen LogP contribution is 2.77. The zero-order valence-corrected chi connectivity index (χ0v) is 39.0. The second-order valence-corrected chi connectivity index (χ2v) is 23.6. The van der Waals surface area contributed by atoms with Gasteiger partial charge in [0.15, 0.2) is 11.6 Å². The Balaban J connectivity index is 0.967. The summed E-state index contributed by atoms with van der Waals surface area (Å²) in [6.07, 6.45) is 10.2. The molecular weight excluding hydrogens is 765 g/mol. The number of carbonyl (C=O) groups is 4. The minimum atomic E-state index is -0.826. The number of carbonyl (C=O) groups excluding carboxylic acids is 3. The highest BCUT2D eigenvalue weighted by Gasteiger charge is 2.70. The highest BCUT2D eigenvalue weighted by molar-refractivity contribution is 6.00. The molecule has 5 saturated carbocycles. The third-order valence-electron chi connectivity index (χ3n) is 19.0. The number of allylic oxidation sites excluding steroid dienone is 2. The topological polar surface area (TPSA) is 150 Å². The van der Waals surface area contributed by atoms with Gasteiger partial charge in [0.25, 0.3) is 5.91 Å². The minimum absolute atomic E-state index is 0.0633. The molecular formula is C51H74N4O6. The first-order valence-corrected chi connectivity index (χ1v) is 23.6. The molecule has 0 radical (unpaired) electrons. The molecule has 10 heteroatoms. The number of hydrogen-bond acceptors (Lipinski definition) is 7. The number of aromatic amines is 1. The van der Waals surface area contributed by atoms with E-state index in [9.17, 15) is 24.3 Å². The number of ether oxygens (including phenoxy) is 1. The molecule has 10 atom stereocenters. The van der Waals surface area contributed by atoms with E-state index in [1.807, 2.05) is 52.0 Å². The van der Waals surface area contributed by atoms with Crippen molar-refractivity contribution in [2.24, 2.45) is 68.0 Å². The van der Waals surface area contributed by atoms with Crippen molar-refractivity contribution in [2.45, 2.75) is 158 Å². The summed E-state index contributed by atoms with van der Waals surface area (Å²) >= 11 is 0. The number of imidazole rings is 1. The SMILES string of the molecule is CC(C)C1=C2[C@H]3CC[C@@H]4[C@@]5(C)CC[C@H](OC(=O)[C@H]6C[C@@H](C(=O)O)C6(C)C)C(C)(C)[C@@H]5CC[C@@]4(C)[C@]3(C)CC[C@@]2(CCNCC(C)(C)NC(=O)c2nc3ccccc3[nH]2)CC1=O. The van der Waals surface area contributed by atoms with Gasteiger partial charge in [0, 0.05) is 29.3 Å². The number of carboxylic acid groups (broad SMARTS) is 1. The molecule has 334 valence electrons. The van der Waals surface area contributed by atoms with E-state index >= 15 is 0 Å². The number of carboxylic acids is 1. The molecule has 0 aliphatic heterocycles. The molecule has 2 aromatic rings. The van der Waals surface area contributed by atoms with Crippen LogP contribution in [0, 0.1) is 68.0 Å². The van der Waals surface area contributed by atoms with Crippen LogP contribution in [0.25, 0.3) is 11.0 Å². The average molecular weight is 839 g/mol. The van der Waals surface area contributed by atoms with Gasteiger partial charge in [-0.2, -0.15) is 0 Å². The van der Waals surface area contributed by atoms with Gasteiger partial charge < -0.3 is 25.5 Å². The van der Waals surface area contributed by atoms with Gasteiger partial charge in [-0.3, -0.25) is 19.2 Å². The number of nitrogens with zero attached hydrogens (tertiary/aromatic N) is 1. The molecule has 1 amide bonds. The Labute approximate surface area is 364 Å². The number of esters is 1. The van der Waals surface area contributed by atoms with Crippen molar-refractivity contribution in [3.8, 4) is 0 Å². The first-order valence-electron chi connectivity index (χ1n) is 23.6. The largest absolute Gasteiger partial charge is 0.481 e. The van der Waals surface area contributed by atoms with Crippen molar-refractivity contribution in [3.63, 3.8) is 0 Å². The molecule has 6 aliphatic rings. The van der Waals surface area contributed by atoms with Crippen LogP contribution in [-0.4, -0.2) is 63.4 Å². The number of hydrogen-bond donors (Lipinski definition) is 4. The molecule has 0 unspecified atom stereocenters. The lowest BCUT2D eigenvalue weighted by molar-refractivity contribution is -0.236. The van der Waals surface area contributed by atoms with Crippen LogP contribution in [0.15, 0.2) is 35.4 Å². The summed E-state index contributed by atoms with van der Waals surface area (Å²) in [7, 11) is 0. The summed E-state index contributed by atoms with van der Waals surface area (Å²) in [6, 6.07) is 7.66. The number of Topliss-reactive ketones (excluding diaryl/α,β-unsaturated/α-hetero) is 1. The molecule has 5 fully saturated rings. The summed E-state index contributed by atoms with van der Waals surface area (Å²) in [6.45, 7) is 26.1. The molecule has 0 spiro atoms. The highest BCUT2D eigenvalue weighted by atomic mass is 16.5. The maximum absolute atomic E-state index is 14.2. The van der Waals surface area contributed by atoms with Crippen molar-refractivity contribution >= 4 is 34.7 Å². The summed E-state index contributed by atoms with van der Waals surface area (Å²) in [5.41, 5.74) is 3.04. The van der Waals surface area contributed by atoms with Gasteiger partial charge in [0.1, 0.15) is 6.10 Å². The number of aromatic nitrogens is 2. The third-order valence-corrected chi connectivity index (χ3v) is 19.0. The predicted octanol–water partition coefficient (Wildman–Crippen LogP) is 9.69. The van der Waals surface area contributed by atoms with E-state index in [4.69, 9.17) is 4.74 Å². The Morgan fingerprint density at radius 1 is 0.902 bits per heavy atom. The number of amides is 1. The molecule has 6 aliphatic carbocycles. The van der Waals surface area contributed by atoms with Crippen molar-refractivity contribution in [1.82, 2.24) is 20.6 Å². The van der Waals surface area contributed by atoms with E-state index in [0.717, 1.165) is 80.9 Å². The van der Waals surface area contributed by atoms with Crippen LogP contribution in [0.3, 0.4) is 0 Å². The van der Waals surface area contributed by atoms with E-state index in [2.05, 4.69) is 69.1 Å². The lowest BCUT2D eigenvalue weighted by Crippen LogP contribution is -2.66. The molecule has 1 aromatic carbocycles. The van der Waals surface area contributed by atoms with Crippen LogP contribution in [0.1, 0.15) is 157 Å². The Morgan fingerprint density at radius 2 is 1.62 bits per heavy atom. The Kier molecular flexibility index (Phi) is 10.7. The second-order valence-electron chi connectivity index (χ2n) is 23.6. The molecule has 0 bridgehead atoms. The number of ketones is 1. The fraction of sp³-hybridized carbons (Fsp3) is 0.745. The first-order chi connectivity index (χ1) is 28.4. The summed E-state index contributed by atoms with van der Waals surface area (Å²) in [4.78, 5) is 60.6. The zero-order chi connectivity index (χ0) is 44.3. The Morgan fingerprint density at radius 3 is 2.30 bits per heavy atom. The van der Waals surface area contributed by atoms with Crippen LogP contribution >= 0.6 is 0 Å². The number of benzene rings is 1. The van der Waals surface area contributed by atoms with Gasteiger partial charge in [-0.25, -0.2) is 4.98 Å². The number of para-hydroxylation sites is 2. The first kappa shape index (κ1) is 44.1. The van der Waals surface area contributed by atoms with E-state index < -0.39 is 22.8 Å². The molecule has 10 nitrogen and oxygen atoms in total. The van der Waals surface area contributed by atoms with Gasteiger partial charge in [-0.15, -0.1) is 0 Å². The number of rotatable bonds is 11. The monoisotopic (exact) mass is 839 g/mol. The number of nitrogens with one attached hydrogen (secondary N) is 3. The van der Waals surface area contributed by atoms with Gasteiger partial charge in [-0.1, -0.05) is 80.0 Å². The van der Waals surface area contributed by atoms with Crippen LogP contribution in [0.2, 0.25) is 0 Å². The van der Waals surface area contributed by atoms with Gasteiger partial charge in [0.2, 0.25) is 0 Å². The molecule has 1 heterocycles. The molecule has 1 aromatic heterocycles. The van der Waals surface area contributed by atoms with Crippen LogP contribution in [-0.2, 0) is 19.1 Å².